The maximum atomic E-state index is 13.4. The van der Waals surface area contributed by atoms with Gasteiger partial charge in [0.15, 0.2) is 6.07 Å². The van der Waals surface area contributed by atoms with E-state index in [-0.39, 0.29) is 19.3 Å². The number of halogens is 1. The summed E-state index contributed by atoms with van der Waals surface area (Å²) < 4.78 is 40.0. The first kappa shape index (κ1) is 24.4. The van der Waals surface area contributed by atoms with Gasteiger partial charge in [-0.3, -0.25) is 13.6 Å². The summed E-state index contributed by atoms with van der Waals surface area (Å²) in [5, 5.41) is 0. The van der Waals surface area contributed by atoms with Crippen molar-refractivity contribution in [1.29, 1.82) is 0 Å². The molecule has 0 aliphatic carbocycles. The van der Waals surface area contributed by atoms with Crippen molar-refractivity contribution in [1.82, 2.24) is 0 Å². The highest BCUT2D eigenvalue weighted by atomic mass is 35.5. The SMILES string of the molecule is CC[C@H](OP(=O)(OCc1ccccc1)OCc1ccccc1)[C@H](C)OC(=O)OCCl. The minimum atomic E-state index is -3.99. The molecule has 0 saturated heterocycles. The number of hydrogen-bond acceptors (Lipinski definition) is 7. The van der Waals surface area contributed by atoms with Crippen LogP contribution in [0.1, 0.15) is 31.4 Å². The second-order valence-corrected chi connectivity index (χ2v) is 8.18. The first-order valence-corrected chi connectivity index (χ1v) is 11.5. The molecule has 2 aromatic rings. The molecule has 2 rings (SSSR count). The molecular formula is C21H26ClO7P. The average Bonchev–Trinajstić information content (AvgIpc) is 2.76. The van der Waals surface area contributed by atoms with Gasteiger partial charge in [-0.15, -0.1) is 0 Å². The third kappa shape index (κ3) is 8.46. The van der Waals surface area contributed by atoms with E-state index in [0.29, 0.717) is 6.42 Å². The fraction of sp³-hybridized carbons (Fsp3) is 0.381. The van der Waals surface area contributed by atoms with E-state index in [1.165, 1.54) is 0 Å². The van der Waals surface area contributed by atoms with Crippen LogP contribution in [0.5, 0.6) is 0 Å². The molecule has 0 spiro atoms. The van der Waals surface area contributed by atoms with Crippen LogP contribution in [0.4, 0.5) is 4.79 Å². The van der Waals surface area contributed by atoms with Gasteiger partial charge in [-0.2, -0.15) is 0 Å². The Balaban J connectivity index is 2.09. The van der Waals surface area contributed by atoms with Gasteiger partial charge in [0.05, 0.1) is 13.2 Å². The van der Waals surface area contributed by atoms with Gasteiger partial charge < -0.3 is 9.47 Å². The number of carbonyl (C=O) groups excluding carboxylic acids is 1. The van der Waals surface area contributed by atoms with Gasteiger partial charge in [0.25, 0.3) is 0 Å². The molecule has 0 unspecified atom stereocenters. The van der Waals surface area contributed by atoms with E-state index in [4.69, 9.17) is 29.9 Å². The van der Waals surface area contributed by atoms with E-state index in [2.05, 4.69) is 4.74 Å². The highest BCUT2D eigenvalue weighted by molar-refractivity contribution is 7.48. The van der Waals surface area contributed by atoms with Crippen LogP contribution in [-0.2, 0) is 40.8 Å². The quantitative estimate of drug-likeness (QED) is 0.218. The molecule has 0 aromatic heterocycles. The lowest BCUT2D eigenvalue weighted by atomic mass is 10.2. The molecule has 164 valence electrons. The number of benzene rings is 2. The number of phosphoric ester groups is 1. The van der Waals surface area contributed by atoms with Crippen LogP contribution >= 0.6 is 19.4 Å². The molecule has 0 radical (unpaired) electrons. The summed E-state index contributed by atoms with van der Waals surface area (Å²) in [6, 6.07) is 18.2. The Bertz CT molecular complexity index is 756. The topological polar surface area (TPSA) is 80.3 Å². The number of rotatable bonds is 12. The second kappa shape index (κ2) is 12.7. The predicted molar refractivity (Wildman–Crippen MR) is 113 cm³/mol. The lowest BCUT2D eigenvalue weighted by Gasteiger charge is -2.27. The standard InChI is InChI=1S/C21H26ClO7P/c1-3-20(17(2)28-21(23)25-16-22)29-30(24,26-14-18-10-6-4-7-11-18)27-15-19-12-8-5-9-13-19/h4-13,17,20H,3,14-16H2,1-2H3/t17-,20-/m0/s1. The van der Waals surface area contributed by atoms with Gasteiger partial charge in [-0.05, 0) is 24.5 Å². The van der Waals surface area contributed by atoms with Crippen LogP contribution in [0.2, 0.25) is 0 Å². The molecule has 0 bridgehead atoms. The Morgan fingerprint density at radius 3 is 1.90 bits per heavy atom. The first-order valence-electron chi connectivity index (χ1n) is 9.50. The summed E-state index contributed by atoms with van der Waals surface area (Å²) in [7, 11) is -3.99. The van der Waals surface area contributed by atoms with Crippen LogP contribution in [0.15, 0.2) is 60.7 Å². The summed E-state index contributed by atoms with van der Waals surface area (Å²) in [5.41, 5.74) is 1.63. The largest absolute Gasteiger partial charge is 0.509 e. The van der Waals surface area contributed by atoms with Crippen LogP contribution in [-0.4, -0.2) is 24.4 Å². The highest BCUT2D eigenvalue weighted by Gasteiger charge is 2.34. The molecule has 2 atom stereocenters. The molecule has 7 nitrogen and oxygen atoms in total. The second-order valence-electron chi connectivity index (χ2n) is 6.34. The van der Waals surface area contributed by atoms with Crippen molar-refractivity contribution < 1.29 is 32.4 Å². The summed E-state index contributed by atoms with van der Waals surface area (Å²) in [4.78, 5) is 11.5. The lowest BCUT2D eigenvalue weighted by Crippen LogP contribution is -2.30. The van der Waals surface area contributed by atoms with Gasteiger partial charge in [-0.1, -0.05) is 79.2 Å². The van der Waals surface area contributed by atoms with E-state index in [1.54, 1.807) is 13.8 Å². The van der Waals surface area contributed by atoms with Gasteiger partial charge >= 0.3 is 14.0 Å². The summed E-state index contributed by atoms with van der Waals surface area (Å²) in [5.74, 6) is 0. The zero-order valence-corrected chi connectivity index (χ0v) is 18.6. The maximum Gasteiger partial charge on any atom is 0.509 e. The van der Waals surface area contributed by atoms with Crippen molar-refractivity contribution in [3.63, 3.8) is 0 Å². The monoisotopic (exact) mass is 456 g/mol. The summed E-state index contributed by atoms with van der Waals surface area (Å²) >= 11 is 5.36. The predicted octanol–water partition coefficient (Wildman–Crippen LogP) is 6.06. The molecule has 2 aromatic carbocycles. The molecule has 0 fully saturated rings. The maximum absolute atomic E-state index is 13.4. The molecule has 0 saturated carbocycles. The number of phosphoric acid groups is 1. The zero-order chi connectivity index (χ0) is 21.8. The van der Waals surface area contributed by atoms with Crippen LogP contribution in [0.3, 0.4) is 0 Å². The van der Waals surface area contributed by atoms with Gasteiger partial charge in [0.1, 0.15) is 12.2 Å². The van der Waals surface area contributed by atoms with E-state index in [9.17, 15) is 9.36 Å². The number of ether oxygens (including phenoxy) is 2. The summed E-state index contributed by atoms with van der Waals surface area (Å²) in [6.45, 7) is 3.47. The van der Waals surface area contributed by atoms with E-state index in [0.717, 1.165) is 11.1 Å². The van der Waals surface area contributed by atoms with Crippen LogP contribution < -0.4 is 0 Å². The summed E-state index contributed by atoms with van der Waals surface area (Å²) in [6.07, 6.45) is -2.06. The smallest absolute Gasteiger partial charge is 0.428 e. The minimum Gasteiger partial charge on any atom is -0.428 e. The number of alkyl halides is 1. The molecular weight excluding hydrogens is 431 g/mol. The lowest BCUT2D eigenvalue weighted by molar-refractivity contribution is -0.0282. The minimum absolute atomic E-state index is 0.0346. The Labute approximate surface area is 181 Å². The highest BCUT2D eigenvalue weighted by Crippen LogP contribution is 2.52. The third-order valence-corrected chi connectivity index (χ3v) is 5.64. The van der Waals surface area contributed by atoms with Gasteiger partial charge in [0, 0.05) is 0 Å². The van der Waals surface area contributed by atoms with E-state index in [1.807, 2.05) is 60.7 Å². The van der Waals surface area contributed by atoms with Gasteiger partial charge in [-0.25, -0.2) is 9.36 Å². The third-order valence-electron chi connectivity index (χ3n) is 4.11. The average molecular weight is 457 g/mol. The Morgan fingerprint density at radius 2 is 1.47 bits per heavy atom. The molecule has 0 amide bonds. The van der Waals surface area contributed by atoms with E-state index < -0.39 is 26.2 Å². The molecule has 0 heterocycles. The van der Waals surface area contributed by atoms with Gasteiger partial charge in [0.2, 0.25) is 0 Å². The zero-order valence-electron chi connectivity index (χ0n) is 16.9. The molecule has 0 aliphatic rings. The van der Waals surface area contributed by atoms with Crippen molar-refractivity contribution in [2.24, 2.45) is 0 Å². The van der Waals surface area contributed by atoms with E-state index >= 15 is 0 Å². The van der Waals surface area contributed by atoms with Crippen LogP contribution in [0.25, 0.3) is 0 Å². The van der Waals surface area contributed by atoms with Crippen molar-refractivity contribution in [2.75, 3.05) is 6.07 Å². The molecule has 9 heteroatoms. The normalized spacial score (nSPS) is 13.4. The Kier molecular flexibility index (Phi) is 10.3. The van der Waals surface area contributed by atoms with Crippen LogP contribution in [0, 0.1) is 0 Å². The van der Waals surface area contributed by atoms with Crippen molar-refractivity contribution in [3.05, 3.63) is 71.8 Å². The van der Waals surface area contributed by atoms with Crippen molar-refractivity contribution in [2.45, 2.75) is 45.7 Å². The van der Waals surface area contributed by atoms with Crippen molar-refractivity contribution >= 4 is 25.6 Å². The number of carbonyl (C=O) groups is 1. The Morgan fingerprint density at radius 1 is 0.967 bits per heavy atom. The fourth-order valence-corrected chi connectivity index (χ4v) is 4.07. The molecule has 30 heavy (non-hydrogen) atoms. The first-order chi connectivity index (χ1) is 14.5. The molecule has 0 aliphatic heterocycles. The fourth-order valence-electron chi connectivity index (χ4n) is 2.52. The number of hydrogen-bond donors (Lipinski definition) is 0. The van der Waals surface area contributed by atoms with Crippen molar-refractivity contribution in [3.8, 4) is 0 Å². The molecule has 0 N–H and O–H groups in total. The Hall–Kier alpha value is -1.89.